The summed E-state index contributed by atoms with van der Waals surface area (Å²) in [6.07, 6.45) is 1.67. The number of carbonyl (C=O) groups is 1. The largest absolute Gasteiger partial charge is 0.444 e. The zero-order valence-electron chi connectivity index (χ0n) is 10.1. The monoisotopic (exact) mass is 211 g/mol. The van der Waals surface area contributed by atoms with Crippen LogP contribution >= 0.6 is 0 Å². The van der Waals surface area contributed by atoms with Crippen molar-refractivity contribution in [3.8, 4) is 0 Å². The van der Waals surface area contributed by atoms with Gasteiger partial charge in [0, 0.05) is 6.54 Å². The van der Waals surface area contributed by atoms with Crippen LogP contribution in [0.15, 0.2) is 12.2 Å². The molecule has 3 nitrogen and oxygen atoms in total. The van der Waals surface area contributed by atoms with Crippen LogP contribution in [0.25, 0.3) is 0 Å². The molecule has 0 unspecified atom stereocenters. The highest BCUT2D eigenvalue weighted by Gasteiger charge is 2.35. The summed E-state index contributed by atoms with van der Waals surface area (Å²) in [5.41, 5.74) is 1.03. The van der Waals surface area contributed by atoms with Gasteiger partial charge in [-0.25, -0.2) is 4.79 Å². The number of rotatable bonds is 2. The van der Waals surface area contributed by atoms with Gasteiger partial charge in [-0.1, -0.05) is 19.1 Å². The molecule has 1 rings (SSSR count). The van der Waals surface area contributed by atoms with E-state index in [4.69, 9.17) is 4.74 Å². The Bertz CT molecular complexity index is 268. The van der Waals surface area contributed by atoms with Crippen molar-refractivity contribution in [3.63, 3.8) is 0 Å². The number of amides is 1. The van der Waals surface area contributed by atoms with Crippen LogP contribution in [0.2, 0.25) is 0 Å². The fraction of sp³-hybridized carbons (Fsp3) is 0.750. The fourth-order valence-electron chi connectivity index (χ4n) is 1.88. The van der Waals surface area contributed by atoms with E-state index < -0.39 is 5.60 Å². The van der Waals surface area contributed by atoms with E-state index in [9.17, 15) is 4.79 Å². The van der Waals surface area contributed by atoms with Gasteiger partial charge < -0.3 is 10.1 Å². The Balaban J connectivity index is 2.26. The lowest BCUT2D eigenvalue weighted by molar-refractivity contribution is 0.0491. The lowest BCUT2D eigenvalue weighted by Gasteiger charge is -2.40. The minimum Gasteiger partial charge on any atom is -0.444 e. The summed E-state index contributed by atoms with van der Waals surface area (Å²) in [5.74, 6) is 0. The first kappa shape index (κ1) is 12.1. The normalized spacial score (nSPS) is 19.3. The lowest BCUT2D eigenvalue weighted by atomic mass is 9.67. The molecule has 0 aromatic heterocycles. The second kappa shape index (κ2) is 3.87. The van der Waals surface area contributed by atoms with E-state index in [-0.39, 0.29) is 11.5 Å². The van der Waals surface area contributed by atoms with Gasteiger partial charge in [-0.05, 0) is 39.0 Å². The molecule has 86 valence electrons. The zero-order chi connectivity index (χ0) is 11.7. The fourth-order valence-corrected chi connectivity index (χ4v) is 1.88. The second-order valence-corrected chi connectivity index (χ2v) is 5.77. The number of hydrogen-bond acceptors (Lipinski definition) is 2. The third-order valence-electron chi connectivity index (χ3n) is 2.41. The molecule has 0 spiro atoms. The number of nitrogens with one attached hydrogen (secondary N) is 1. The standard InChI is InChI=1S/C12H21NO2/c1-9-6-12(5,7-9)8-13-10(14)15-11(2,3)4/h1,6-8H2,2-5H3,(H,13,14). The van der Waals surface area contributed by atoms with E-state index in [0.717, 1.165) is 12.8 Å². The van der Waals surface area contributed by atoms with Gasteiger partial charge in [-0.15, -0.1) is 0 Å². The van der Waals surface area contributed by atoms with Crippen LogP contribution < -0.4 is 5.32 Å². The highest BCUT2D eigenvalue weighted by atomic mass is 16.6. The molecule has 3 heteroatoms. The van der Waals surface area contributed by atoms with Gasteiger partial charge in [0.05, 0.1) is 0 Å². The SMILES string of the molecule is C=C1CC(C)(CNC(=O)OC(C)(C)C)C1. The van der Waals surface area contributed by atoms with E-state index >= 15 is 0 Å². The predicted octanol–water partition coefficient (Wildman–Crippen LogP) is 2.87. The third kappa shape index (κ3) is 3.94. The molecule has 0 heterocycles. The molecule has 0 saturated heterocycles. The minimum atomic E-state index is -0.422. The minimum absolute atomic E-state index is 0.188. The van der Waals surface area contributed by atoms with Gasteiger partial charge in [0.15, 0.2) is 0 Å². The smallest absolute Gasteiger partial charge is 0.407 e. The molecule has 1 N–H and O–H groups in total. The maximum Gasteiger partial charge on any atom is 0.407 e. The highest BCUT2D eigenvalue weighted by Crippen LogP contribution is 2.43. The van der Waals surface area contributed by atoms with Crippen molar-refractivity contribution < 1.29 is 9.53 Å². The van der Waals surface area contributed by atoms with Gasteiger partial charge >= 0.3 is 6.09 Å². The molecular formula is C12H21NO2. The third-order valence-corrected chi connectivity index (χ3v) is 2.41. The summed E-state index contributed by atoms with van der Waals surface area (Å²) < 4.78 is 5.16. The maximum atomic E-state index is 11.4. The molecular weight excluding hydrogens is 190 g/mol. The quantitative estimate of drug-likeness (QED) is 0.713. The molecule has 0 aliphatic heterocycles. The first-order valence-electron chi connectivity index (χ1n) is 5.34. The number of alkyl carbamates (subject to hydrolysis) is 1. The van der Waals surface area contributed by atoms with Crippen molar-refractivity contribution >= 4 is 6.09 Å². The molecule has 0 atom stereocenters. The molecule has 1 saturated carbocycles. The zero-order valence-corrected chi connectivity index (χ0v) is 10.1. The number of carbonyl (C=O) groups excluding carboxylic acids is 1. The Morgan fingerprint density at radius 1 is 1.53 bits per heavy atom. The number of ether oxygens (including phenoxy) is 1. The Morgan fingerprint density at radius 2 is 2.07 bits per heavy atom. The first-order chi connectivity index (χ1) is 6.70. The molecule has 0 radical (unpaired) electrons. The molecule has 1 aliphatic carbocycles. The average Bonchev–Trinajstić information content (AvgIpc) is 1.95. The molecule has 1 amide bonds. The first-order valence-corrected chi connectivity index (χ1v) is 5.34. The summed E-state index contributed by atoms with van der Waals surface area (Å²) in [6.45, 7) is 12.3. The number of allylic oxidation sites excluding steroid dienone is 1. The second-order valence-electron chi connectivity index (χ2n) is 5.77. The highest BCUT2D eigenvalue weighted by molar-refractivity contribution is 5.67. The van der Waals surface area contributed by atoms with Gasteiger partial charge in [-0.3, -0.25) is 0 Å². The van der Waals surface area contributed by atoms with E-state index in [2.05, 4.69) is 18.8 Å². The molecule has 15 heavy (non-hydrogen) atoms. The summed E-state index contributed by atoms with van der Waals surface area (Å²) in [7, 11) is 0. The van der Waals surface area contributed by atoms with Gasteiger partial charge in [0.2, 0.25) is 0 Å². The van der Waals surface area contributed by atoms with E-state index in [1.165, 1.54) is 5.57 Å². The molecule has 0 aromatic carbocycles. The van der Waals surface area contributed by atoms with E-state index in [1.54, 1.807) is 0 Å². The van der Waals surface area contributed by atoms with Crippen LogP contribution in [0.5, 0.6) is 0 Å². The van der Waals surface area contributed by atoms with Crippen LogP contribution in [0, 0.1) is 5.41 Å². The van der Waals surface area contributed by atoms with Crippen molar-refractivity contribution in [2.45, 2.75) is 46.1 Å². The van der Waals surface area contributed by atoms with Crippen LogP contribution in [-0.2, 0) is 4.74 Å². The average molecular weight is 211 g/mol. The number of hydrogen-bond donors (Lipinski definition) is 1. The summed E-state index contributed by atoms with van der Waals surface area (Å²) in [6, 6.07) is 0. The molecule has 1 aliphatic rings. The van der Waals surface area contributed by atoms with Crippen LogP contribution in [0.3, 0.4) is 0 Å². The van der Waals surface area contributed by atoms with E-state index in [1.807, 2.05) is 20.8 Å². The lowest BCUT2D eigenvalue weighted by Crippen LogP contribution is -2.42. The topological polar surface area (TPSA) is 38.3 Å². The van der Waals surface area contributed by atoms with Crippen molar-refractivity contribution in [3.05, 3.63) is 12.2 Å². The Labute approximate surface area is 91.9 Å². The summed E-state index contributed by atoms with van der Waals surface area (Å²) in [5, 5.41) is 2.80. The van der Waals surface area contributed by atoms with Gasteiger partial charge in [-0.2, -0.15) is 0 Å². The van der Waals surface area contributed by atoms with Gasteiger partial charge in [0.25, 0.3) is 0 Å². The van der Waals surface area contributed by atoms with E-state index in [0.29, 0.717) is 6.54 Å². The molecule has 0 bridgehead atoms. The Kier molecular flexibility index (Phi) is 3.12. The van der Waals surface area contributed by atoms with Gasteiger partial charge in [0.1, 0.15) is 5.60 Å². The predicted molar refractivity (Wildman–Crippen MR) is 60.7 cm³/mol. The van der Waals surface area contributed by atoms with Crippen LogP contribution in [0.1, 0.15) is 40.5 Å². The van der Waals surface area contributed by atoms with Crippen molar-refractivity contribution in [2.24, 2.45) is 5.41 Å². The van der Waals surface area contributed by atoms with Crippen LogP contribution in [-0.4, -0.2) is 18.2 Å². The summed E-state index contributed by atoms with van der Waals surface area (Å²) >= 11 is 0. The van der Waals surface area contributed by atoms with Crippen molar-refractivity contribution in [1.29, 1.82) is 0 Å². The van der Waals surface area contributed by atoms with Crippen LogP contribution in [0.4, 0.5) is 4.79 Å². The van der Waals surface area contributed by atoms with Crippen molar-refractivity contribution in [2.75, 3.05) is 6.54 Å². The summed E-state index contributed by atoms with van der Waals surface area (Å²) in [4.78, 5) is 11.4. The Morgan fingerprint density at radius 3 is 2.47 bits per heavy atom. The van der Waals surface area contributed by atoms with Crippen molar-refractivity contribution in [1.82, 2.24) is 5.32 Å². The molecule has 0 aromatic rings. The Hall–Kier alpha value is -0.990. The maximum absolute atomic E-state index is 11.4. The molecule has 1 fully saturated rings.